The zero-order valence-corrected chi connectivity index (χ0v) is 15.4. The Balaban J connectivity index is 1.33. The van der Waals surface area contributed by atoms with Gasteiger partial charge in [-0.25, -0.2) is 4.98 Å². The van der Waals surface area contributed by atoms with Crippen LogP contribution in [0.3, 0.4) is 0 Å². The highest BCUT2D eigenvalue weighted by molar-refractivity contribution is 7.12. The molecule has 1 aromatic carbocycles. The van der Waals surface area contributed by atoms with E-state index in [4.69, 9.17) is 0 Å². The molecule has 0 atom stereocenters. The summed E-state index contributed by atoms with van der Waals surface area (Å²) in [6, 6.07) is 12.3. The predicted octanol–water partition coefficient (Wildman–Crippen LogP) is 3.33. The van der Waals surface area contributed by atoms with Gasteiger partial charge < -0.3 is 14.5 Å². The Hall–Kier alpha value is -2.86. The van der Waals surface area contributed by atoms with Gasteiger partial charge in [-0.15, -0.1) is 11.3 Å². The zero-order chi connectivity index (χ0) is 17.9. The molecule has 4 rings (SSSR count). The van der Waals surface area contributed by atoms with Gasteiger partial charge in [-0.3, -0.25) is 4.79 Å². The number of rotatable bonds is 6. The molecule has 26 heavy (non-hydrogen) atoms. The van der Waals surface area contributed by atoms with E-state index in [2.05, 4.69) is 46.3 Å². The number of amides is 1. The second-order valence-electron chi connectivity index (χ2n) is 6.27. The molecular weight excluding hydrogens is 344 g/mol. The molecule has 0 fully saturated rings. The van der Waals surface area contributed by atoms with Gasteiger partial charge in [-0.2, -0.15) is 0 Å². The van der Waals surface area contributed by atoms with Crippen LogP contribution < -0.4 is 5.32 Å². The summed E-state index contributed by atoms with van der Waals surface area (Å²) in [6.45, 7) is 0.626. The standard InChI is InChI=1S/C20H20N4OS/c1-23-13-15(17-6-2-3-7-18(17)23)8-9-21-19(25)12-16-14-26-20(22-16)24-10-4-5-11-24/h2-7,10-11,13-14H,8-9,12H2,1H3,(H,21,25). The van der Waals surface area contributed by atoms with Gasteiger partial charge in [0.1, 0.15) is 0 Å². The van der Waals surface area contributed by atoms with Crippen molar-refractivity contribution in [2.75, 3.05) is 6.54 Å². The number of hydrogen-bond acceptors (Lipinski definition) is 3. The number of fused-ring (bicyclic) bond motifs is 1. The normalized spacial score (nSPS) is 11.1. The van der Waals surface area contributed by atoms with Crippen LogP contribution in [0.15, 0.2) is 60.4 Å². The van der Waals surface area contributed by atoms with Crippen LogP contribution in [0.1, 0.15) is 11.3 Å². The Morgan fingerprint density at radius 2 is 2.00 bits per heavy atom. The van der Waals surface area contributed by atoms with E-state index >= 15 is 0 Å². The summed E-state index contributed by atoms with van der Waals surface area (Å²) in [5, 5.41) is 7.08. The van der Waals surface area contributed by atoms with Crippen molar-refractivity contribution in [2.24, 2.45) is 7.05 Å². The molecule has 5 nitrogen and oxygen atoms in total. The van der Waals surface area contributed by atoms with E-state index in [-0.39, 0.29) is 5.91 Å². The number of nitrogens with zero attached hydrogens (tertiary/aromatic N) is 3. The smallest absolute Gasteiger partial charge is 0.226 e. The van der Waals surface area contributed by atoms with Crippen molar-refractivity contribution in [3.63, 3.8) is 0 Å². The van der Waals surface area contributed by atoms with Crippen LogP contribution in [0.25, 0.3) is 16.0 Å². The van der Waals surface area contributed by atoms with Crippen LogP contribution in [-0.4, -0.2) is 26.6 Å². The lowest BCUT2D eigenvalue weighted by Crippen LogP contribution is -2.27. The Morgan fingerprint density at radius 1 is 1.19 bits per heavy atom. The quantitative estimate of drug-likeness (QED) is 0.571. The van der Waals surface area contributed by atoms with E-state index in [1.807, 2.05) is 40.5 Å². The van der Waals surface area contributed by atoms with Crippen molar-refractivity contribution in [1.82, 2.24) is 19.4 Å². The number of para-hydroxylation sites is 1. The molecule has 0 aliphatic carbocycles. The summed E-state index contributed by atoms with van der Waals surface area (Å²) in [4.78, 5) is 16.7. The minimum atomic E-state index is 0.00888. The molecule has 0 saturated heterocycles. The van der Waals surface area contributed by atoms with Crippen molar-refractivity contribution in [3.8, 4) is 5.13 Å². The van der Waals surface area contributed by atoms with Gasteiger partial charge in [-0.05, 0) is 30.2 Å². The third-order valence-electron chi connectivity index (χ3n) is 4.40. The fraction of sp³-hybridized carbons (Fsp3) is 0.200. The lowest BCUT2D eigenvalue weighted by atomic mass is 10.1. The average Bonchev–Trinajstić information content (AvgIpc) is 3.37. The number of aromatic nitrogens is 3. The van der Waals surface area contributed by atoms with Crippen LogP contribution >= 0.6 is 11.3 Å². The van der Waals surface area contributed by atoms with E-state index in [1.165, 1.54) is 16.5 Å². The van der Waals surface area contributed by atoms with Gasteiger partial charge in [-0.1, -0.05) is 18.2 Å². The highest BCUT2D eigenvalue weighted by Gasteiger charge is 2.10. The van der Waals surface area contributed by atoms with E-state index in [9.17, 15) is 4.79 Å². The van der Waals surface area contributed by atoms with E-state index in [0.29, 0.717) is 13.0 Å². The zero-order valence-electron chi connectivity index (χ0n) is 14.6. The number of nitrogens with one attached hydrogen (secondary N) is 1. The molecule has 0 aliphatic heterocycles. The first-order valence-corrected chi connectivity index (χ1v) is 9.46. The Bertz CT molecular complexity index is 1030. The van der Waals surface area contributed by atoms with Gasteiger partial charge in [0.25, 0.3) is 0 Å². The summed E-state index contributed by atoms with van der Waals surface area (Å²) in [5.74, 6) is 0.00888. The summed E-state index contributed by atoms with van der Waals surface area (Å²) >= 11 is 1.54. The fourth-order valence-electron chi connectivity index (χ4n) is 3.15. The molecule has 0 radical (unpaired) electrons. The van der Waals surface area contributed by atoms with Crippen molar-refractivity contribution in [2.45, 2.75) is 12.8 Å². The van der Waals surface area contributed by atoms with Gasteiger partial charge >= 0.3 is 0 Å². The molecule has 1 amide bonds. The molecule has 0 unspecified atom stereocenters. The molecule has 6 heteroatoms. The average molecular weight is 364 g/mol. The number of carbonyl (C=O) groups is 1. The third kappa shape index (κ3) is 3.41. The van der Waals surface area contributed by atoms with Crippen LogP contribution in [0.4, 0.5) is 0 Å². The van der Waals surface area contributed by atoms with Crippen molar-refractivity contribution < 1.29 is 4.79 Å². The van der Waals surface area contributed by atoms with E-state index in [1.54, 1.807) is 11.3 Å². The molecule has 0 aliphatic rings. The Morgan fingerprint density at radius 3 is 2.85 bits per heavy atom. The lowest BCUT2D eigenvalue weighted by Gasteiger charge is -2.03. The summed E-state index contributed by atoms with van der Waals surface area (Å²) in [6.07, 6.45) is 7.17. The van der Waals surface area contributed by atoms with Crippen LogP contribution in [-0.2, 0) is 24.7 Å². The number of thiazole rings is 1. The molecular formula is C20H20N4OS. The fourth-order valence-corrected chi connectivity index (χ4v) is 3.94. The molecule has 4 aromatic rings. The minimum Gasteiger partial charge on any atom is -0.355 e. The molecule has 0 bridgehead atoms. The first-order valence-electron chi connectivity index (χ1n) is 8.58. The number of benzene rings is 1. The largest absolute Gasteiger partial charge is 0.355 e. The second-order valence-corrected chi connectivity index (χ2v) is 7.11. The van der Waals surface area contributed by atoms with Gasteiger partial charge in [0.15, 0.2) is 5.13 Å². The SMILES string of the molecule is Cn1cc(CCNC(=O)Cc2csc(-n3cccc3)n2)c2ccccc21. The first-order chi connectivity index (χ1) is 12.7. The van der Waals surface area contributed by atoms with Crippen LogP contribution in [0.2, 0.25) is 0 Å². The molecule has 132 valence electrons. The lowest BCUT2D eigenvalue weighted by molar-refractivity contribution is -0.120. The third-order valence-corrected chi connectivity index (χ3v) is 5.31. The van der Waals surface area contributed by atoms with Gasteiger partial charge in [0.05, 0.1) is 12.1 Å². The molecule has 0 saturated carbocycles. The molecule has 0 spiro atoms. The number of aryl methyl sites for hydroxylation is 1. The Labute approximate surface area is 155 Å². The molecule has 3 heterocycles. The minimum absolute atomic E-state index is 0.00888. The highest BCUT2D eigenvalue weighted by atomic mass is 32.1. The summed E-state index contributed by atoms with van der Waals surface area (Å²) in [5.41, 5.74) is 3.28. The molecule has 1 N–H and O–H groups in total. The predicted molar refractivity (Wildman–Crippen MR) is 105 cm³/mol. The maximum absolute atomic E-state index is 12.2. The number of hydrogen-bond donors (Lipinski definition) is 1. The Kier molecular flexibility index (Phi) is 4.58. The maximum atomic E-state index is 12.2. The topological polar surface area (TPSA) is 51.9 Å². The van der Waals surface area contributed by atoms with Crippen molar-refractivity contribution >= 4 is 28.1 Å². The van der Waals surface area contributed by atoms with Gasteiger partial charge in [0.2, 0.25) is 5.91 Å². The first kappa shape index (κ1) is 16.6. The number of carbonyl (C=O) groups excluding carboxylic acids is 1. The maximum Gasteiger partial charge on any atom is 0.226 e. The second kappa shape index (κ2) is 7.17. The monoisotopic (exact) mass is 364 g/mol. The van der Waals surface area contributed by atoms with Crippen molar-refractivity contribution in [1.29, 1.82) is 0 Å². The summed E-state index contributed by atoms with van der Waals surface area (Å²) < 4.78 is 4.08. The van der Waals surface area contributed by atoms with E-state index in [0.717, 1.165) is 17.2 Å². The van der Waals surface area contributed by atoms with Crippen LogP contribution in [0.5, 0.6) is 0 Å². The van der Waals surface area contributed by atoms with Crippen LogP contribution in [0, 0.1) is 0 Å². The van der Waals surface area contributed by atoms with Gasteiger partial charge in [0, 0.05) is 48.5 Å². The van der Waals surface area contributed by atoms with Crippen molar-refractivity contribution in [3.05, 3.63) is 71.6 Å². The highest BCUT2D eigenvalue weighted by Crippen LogP contribution is 2.20. The molecule has 3 aromatic heterocycles. The van der Waals surface area contributed by atoms with E-state index < -0.39 is 0 Å². The summed E-state index contributed by atoms with van der Waals surface area (Å²) in [7, 11) is 2.05.